The Kier molecular flexibility index (Phi) is 19.8. The molecule has 0 aliphatic heterocycles. The van der Waals surface area contributed by atoms with Gasteiger partial charge in [0, 0.05) is 6.42 Å². The lowest BCUT2D eigenvalue weighted by Crippen LogP contribution is -2.67. The van der Waals surface area contributed by atoms with Crippen molar-refractivity contribution >= 4 is 33.0 Å². The molecule has 0 amide bonds. The van der Waals surface area contributed by atoms with Crippen molar-refractivity contribution in [1.82, 2.24) is 0 Å². The van der Waals surface area contributed by atoms with Gasteiger partial charge in [-0.05, 0) is 65.6 Å². The predicted molar refractivity (Wildman–Crippen MR) is 216 cm³/mol. The molecule has 0 saturated heterocycles. The zero-order valence-corrected chi connectivity index (χ0v) is 34.0. The van der Waals surface area contributed by atoms with E-state index in [-0.39, 0.29) is 23.2 Å². The van der Waals surface area contributed by atoms with Crippen molar-refractivity contribution in [3.63, 3.8) is 0 Å². The Morgan fingerprint density at radius 2 is 1.27 bits per heavy atom. The first-order chi connectivity index (χ1) is 23.6. The van der Waals surface area contributed by atoms with Crippen LogP contribution in [0.25, 0.3) is 0 Å². The highest BCUT2D eigenvalue weighted by Crippen LogP contribution is 2.38. The molecule has 2 atom stereocenters. The highest BCUT2D eigenvalue weighted by Gasteiger charge is 2.51. The smallest absolute Gasteiger partial charge is 0.305 e. The van der Waals surface area contributed by atoms with E-state index in [1.165, 1.54) is 36.7 Å². The first-order valence-corrected chi connectivity index (χ1v) is 23.2. The SMILES string of the molecule is CCCCC/C=C\C[C@H](/C=C/C=C/C=C\[C@H](CCCC(=O)OC)O[Si](c1ccccc1)(c1ccccc1)C(C)(C)C)O[Si](CC)(CC)CC. The molecule has 2 rings (SSSR count). The summed E-state index contributed by atoms with van der Waals surface area (Å²) in [6.45, 7) is 16.0. The van der Waals surface area contributed by atoms with Crippen LogP contribution < -0.4 is 10.4 Å². The molecule has 0 spiro atoms. The van der Waals surface area contributed by atoms with Crippen LogP contribution in [0.3, 0.4) is 0 Å². The molecule has 0 aliphatic rings. The van der Waals surface area contributed by atoms with Crippen molar-refractivity contribution in [3.05, 3.63) is 109 Å². The van der Waals surface area contributed by atoms with Gasteiger partial charge in [0.15, 0.2) is 8.32 Å². The Balaban J connectivity index is 2.37. The van der Waals surface area contributed by atoms with Crippen LogP contribution in [-0.4, -0.2) is 41.9 Å². The van der Waals surface area contributed by atoms with Crippen LogP contribution in [0.5, 0.6) is 0 Å². The molecule has 0 N–H and O–H groups in total. The number of rotatable bonds is 23. The largest absolute Gasteiger partial charge is 0.469 e. The molecule has 6 heteroatoms. The van der Waals surface area contributed by atoms with Crippen LogP contribution in [0.15, 0.2) is 109 Å². The number of hydrogen-bond donors (Lipinski definition) is 0. The molecule has 4 nitrogen and oxygen atoms in total. The second-order valence-electron chi connectivity index (χ2n) is 14.0. The number of esters is 1. The number of methoxy groups -OCH3 is 1. The van der Waals surface area contributed by atoms with E-state index in [1.807, 2.05) is 0 Å². The molecular formula is C43H66O4Si2. The molecule has 2 aromatic rings. The minimum atomic E-state index is -2.77. The fourth-order valence-corrected chi connectivity index (χ4v) is 14.0. The van der Waals surface area contributed by atoms with Gasteiger partial charge in [0.25, 0.3) is 8.32 Å². The van der Waals surface area contributed by atoms with Crippen LogP contribution in [0.2, 0.25) is 23.2 Å². The van der Waals surface area contributed by atoms with E-state index in [2.05, 4.69) is 158 Å². The molecule has 0 saturated carbocycles. The van der Waals surface area contributed by atoms with E-state index in [4.69, 9.17) is 13.6 Å². The fourth-order valence-electron chi connectivity index (χ4n) is 6.51. The third kappa shape index (κ3) is 13.8. The van der Waals surface area contributed by atoms with Gasteiger partial charge < -0.3 is 13.6 Å². The molecule has 2 aromatic carbocycles. The summed E-state index contributed by atoms with van der Waals surface area (Å²) in [6.07, 6.45) is 25.0. The van der Waals surface area contributed by atoms with Crippen LogP contribution in [0.1, 0.15) is 99.8 Å². The Bertz CT molecular complexity index is 1240. The second kappa shape index (κ2) is 22.8. The second-order valence-corrected chi connectivity index (χ2v) is 23.0. The normalized spacial score (nSPS) is 14.4. The van der Waals surface area contributed by atoms with Gasteiger partial charge in [0.05, 0.1) is 19.3 Å². The molecule has 49 heavy (non-hydrogen) atoms. The molecule has 270 valence electrons. The molecule has 0 radical (unpaired) electrons. The molecular weight excluding hydrogens is 637 g/mol. The molecule has 0 unspecified atom stereocenters. The van der Waals surface area contributed by atoms with Gasteiger partial charge in [0.2, 0.25) is 0 Å². The number of hydrogen-bond acceptors (Lipinski definition) is 4. The van der Waals surface area contributed by atoms with Crippen molar-refractivity contribution in [1.29, 1.82) is 0 Å². The minimum absolute atomic E-state index is 0.0899. The maximum absolute atomic E-state index is 12.0. The van der Waals surface area contributed by atoms with Gasteiger partial charge in [-0.25, -0.2) is 0 Å². The first kappa shape index (κ1) is 42.4. The van der Waals surface area contributed by atoms with Crippen molar-refractivity contribution in [2.24, 2.45) is 0 Å². The summed E-state index contributed by atoms with van der Waals surface area (Å²) in [5, 5.41) is 2.35. The van der Waals surface area contributed by atoms with Gasteiger partial charge >= 0.3 is 5.97 Å². The van der Waals surface area contributed by atoms with Crippen molar-refractivity contribution < 1.29 is 18.4 Å². The van der Waals surface area contributed by atoms with Crippen LogP contribution in [0, 0.1) is 0 Å². The summed E-state index contributed by atoms with van der Waals surface area (Å²) in [4.78, 5) is 12.0. The zero-order valence-electron chi connectivity index (χ0n) is 32.0. The van der Waals surface area contributed by atoms with Gasteiger partial charge in [-0.3, -0.25) is 4.79 Å². The fraction of sp³-hybridized carbons (Fsp3) is 0.512. The number of carbonyl (C=O) groups is 1. The van der Waals surface area contributed by atoms with E-state index in [9.17, 15) is 4.79 Å². The maximum atomic E-state index is 12.0. The number of carbonyl (C=O) groups excluding carboxylic acids is 1. The minimum Gasteiger partial charge on any atom is -0.469 e. The lowest BCUT2D eigenvalue weighted by molar-refractivity contribution is -0.140. The van der Waals surface area contributed by atoms with Crippen LogP contribution in [0.4, 0.5) is 0 Å². The number of unbranched alkanes of at least 4 members (excludes halogenated alkanes) is 3. The van der Waals surface area contributed by atoms with E-state index < -0.39 is 16.6 Å². The molecule has 0 bridgehead atoms. The van der Waals surface area contributed by atoms with Gasteiger partial charge in [0.1, 0.15) is 0 Å². The van der Waals surface area contributed by atoms with Crippen molar-refractivity contribution in [2.75, 3.05) is 7.11 Å². The topological polar surface area (TPSA) is 44.8 Å². The van der Waals surface area contributed by atoms with Crippen LogP contribution >= 0.6 is 0 Å². The summed E-state index contributed by atoms with van der Waals surface area (Å²) >= 11 is 0. The van der Waals surface area contributed by atoms with E-state index in [0.717, 1.165) is 37.4 Å². The van der Waals surface area contributed by atoms with E-state index in [0.29, 0.717) is 12.8 Å². The van der Waals surface area contributed by atoms with Crippen molar-refractivity contribution in [2.45, 2.75) is 135 Å². The van der Waals surface area contributed by atoms with Crippen molar-refractivity contribution in [3.8, 4) is 0 Å². The van der Waals surface area contributed by atoms with Crippen LogP contribution in [-0.2, 0) is 18.4 Å². The predicted octanol–water partition coefficient (Wildman–Crippen LogP) is 10.9. The first-order valence-electron chi connectivity index (χ1n) is 18.8. The van der Waals surface area contributed by atoms with E-state index in [1.54, 1.807) is 0 Å². The highest BCUT2D eigenvalue weighted by molar-refractivity contribution is 6.99. The monoisotopic (exact) mass is 702 g/mol. The Morgan fingerprint density at radius 3 is 1.76 bits per heavy atom. The molecule has 0 aromatic heterocycles. The molecule has 0 aliphatic carbocycles. The van der Waals surface area contributed by atoms with E-state index >= 15 is 0 Å². The number of allylic oxidation sites excluding steroid dienone is 5. The summed E-state index contributed by atoms with van der Waals surface area (Å²) in [7, 11) is -3.06. The Labute approximate surface area is 302 Å². The number of ether oxygens (including phenoxy) is 1. The van der Waals surface area contributed by atoms with Gasteiger partial charge in [-0.1, -0.05) is 171 Å². The lowest BCUT2D eigenvalue weighted by atomic mass is 10.1. The molecule has 0 heterocycles. The summed E-state index contributed by atoms with van der Waals surface area (Å²) < 4.78 is 19.3. The lowest BCUT2D eigenvalue weighted by Gasteiger charge is -2.44. The average molecular weight is 703 g/mol. The zero-order chi connectivity index (χ0) is 36.0. The van der Waals surface area contributed by atoms with Gasteiger partial charge in [-0.2, -0.15) is 0 Å². The summed E-state index contributed by atoms with van der Waals surface area (Å²) in [5.74, 6) is -0.188. The quantitative estimate of drug-likeness (QED) is 0.0380. The van der Waals surface area contributed by atoms with Gasteiger partial charge in [-0.15, -0.1) is 0 Å². The Hall–Kier alpha value is -2.78. The standard InChI is InChI=1S/C43H66O4Si2/c1-9-13-14-15-16-21-29-38(46-48(10-2,11-3)12-4)30-22-17-18-23-31-39(32-28-37-42(44)45-8)47-49(43(5,6)7,40-33-24-19-25-34-40)41-35-26-20-27-36-41/h16-27,30-31,33-36,38-39H,9-15,28-29,32,37H2,1-8H3/b18-17+,21-16-,30-22+,31-23-/t38-,39-/m1/s1. The summed E-state index contributed by atoms with van der Waals surface area (Å²) in [6, 6.07) is 24.9. The number of benzene rings is 2. The molecule has 0 fully saturated rings. The Morgan fingerprint density at radius 1 is 0.714 bits per heavy atom. The summed E-state index contributed by atoms with van der Waals surface area (Å²) in [5.41, 5.74) is 0. The highest BCUT2D eigenvalue weighted by atomic mass is 28.4. The average Bonchev–Trinajstić information content (AvgIpc) is 3.11. The maximum Gasteiger partial charge on any atom is 0.305 e. The third-order valence-electron chi connectivity index (χ3n) is 9.67. The third-order valence-corrected chi connectivity index (χ3v) is 19.4.